The summed E-state index contributed by atoms with van der Waals surface area (Å²) in [5.41, 5.74) is 6.04. The normalized spacial score (nSPS) is 29.4. The molecule has 1 aliphatic rings. The van der Waals surface area contributed by atoms with Crippen LogP contribution in [0.15, 0.2) is 24.3 Å². The van der Waals surface area contributed by atoms with Crippen molar-refractivity contribution in [3.05, 3.63) is 35.6 Å². The second-order valence-electron chi connectivity index (χ2n) is 5.35. The molecule has 0 bridgehead atoms. The Morgan fingerprint density at radius 3 is 2.40 bits per heavy atom. The summed E-state index contributed by atoms with van der Waals surface area (Å²) in [6.45, 7) is 2.90. The van der Waals surface area contributed by atoms with Gasteiger partial charge in [0.15, 0.2) is 9.84 Å². The summed E-state index contributed by atoms with van der Waals surface area (Å²) >= 11 is 0. The van der Waals surface area contributed by atoms with Crippen molar-refractivity contribution in [3.8, 4) is 0 Å². The van der Waals surface area contributed by atoms with Crippen LogP contribution in [0.4, 0.5) is 4.39 Å². The maximum Gasteiger partial charge on any atom is 0.151 e. The lowest BCUT2D eigenvalue weighted by atomic mass is 10.00. The van der Waals surface area contributed by atoms with Crippen LogP contribution in [-0.2, 0) is 14.6 Å². The van der Waals surface area contributed by atoms with Gasteiger partial charge in [0.05, 0.1) is 11.9 Å². The lowest BCUT2D eigenvalue weighted by molar-refractivity contribution is 0.101. The number of hydrogen-bond acceptors (Lipinski definition) is 4. The highest BCUT2D eigenvalue weighted by Gasteiger charge is 2.69. The van der Waals surface area contributed by atoms with Gasteiger partial charge >= 0.3 is 0 Å². The highest BCUT2D eigenvalue weighted by atomic mass is 32.2. The third-order valence-corrected chi connectivity index (χ3v) is 5.69. The first-order valence-electron chi connectivity index (χ1n) is 6.59. The molecule has 1 fully saturated rings. The zero-order valence-electron chi connectivity index (χ0n) is 11.7. The predicted octanol–water partition coefficient (Wildman–Crippen LogP) is 1.32. The average Bonchev–Trinajstić information content (AvgIpc) is 3.07. The summed E-state index contributed by atoms with van der Waals surface area (Å²) in [7, 11) is -3.24. The molecule has 6 heteroatoms. The molecule has 4 nitrogen and oxygen atoms in total. The molecule has 0 aliphatic heterocycles. The molecule has 1 aliphatic carbocycles. The monoisotopic (exact) mass is 301 g/mol. The van der Waals surface area contributed by atoms with Crippen molar-refractivity contribution in [1.82, 2.24) is 0 Å². The largest absolute Gasteiger partial charge is 0.381 e. The van der Waals surface area contributed by atoms with Gasteiger partial charge in [-0.15, -0.1) is 0 Å². The Morgan fingerprint density at radius 1 is 1.35 bits per heavy atom. The van der Waals surface area contributed by atoms with Crippen molar-refractivity contribution < 1.29 is 17.5 Å². The molecule has 112 valence electrons. The van der Waals surface area contributed by atoms with E-state index in [1.54, 1.807) is 12.1 Å². The SMILES string of the molecule is CCOC[C@]1(CN)[C@H](c2ccc(F)cc2)[C@@H]1S(C)(=O)=O. The summed E-state index contributed by atoms with van der Waals surface area (Å²) in [5, 5.41) is -0.558. The van der Waals surface area contributed by atoms with Gasteiger partial charge in [-0.25, -0.2) is 12.8 Å². The van der Waals surface area contributed by atoms with E-state index in [9.17, 15) is 12.8 Å². The molecule has 0 amide bonds. The fraction of sp³-hybridized carbons (Fsp3) is 0.571. The summed E-state index contributed by atoms with van der Waals surface area (Å²) in [5.74, 6) is -0.567. The van der Waals surface area contributed by atoms with Crippen molar-refractivity contribution >= 4 is 9.84 Å². The first kappa shape index (κ1) is 15.4. The van der Waals surface area contributed by atoms with E-state index in [2.05, 4.69) is 0 Å². The number of benzene rings is 1. The zero-order valence-corrected chi connectivity index (χ0v) is 12.5. The molecule has 0 heterocycles. The zero-order chi connectivity index (χ0) is 15.0. The van der Waals surface area contributed by atoms with Crippen LogP contribution < -0.4 is 5.73 Å². The van der Waals surface area contributed by atoms with Gasteiger partial charge < -0.3 is 10.5 Å². The van der Waals surface area contributed by atoms with Gasteiger partial charge in [0.2, 0.25) is 0 Å². The van der Waals surface area contributed by atoms with Crippen molar-refractivity contribution in [2.75, 3.05) is 26.0 Å². The third-order valence-electron chi connectivity index (χ3n) is 4.02. The molecular weight excluding hydrogens is 281 g/mol. The molecule has 0 spiro atoms. The molecule has 0 radical (unpaired) electrons. The Labute approximate surface area is 119 Å². The standard InChI is InChI=1S/C14H20FNO3S/c1-3-19-9-14(8-16)12(13(14)20(2,17)18)10-4-6-11(15)7-5-10/h4-7,12-13H,3,8-9,16H2,1-2H3/t12-,13+,14-/m1/s1. The highest BCUT2D eigenvalue weighted by Crippen LogP contribution is 2.62. The maximum atomic E-state index is 13.0. The van der Waals surface area contributed by atoms with Gasteiger partial charge in [-0.2, -0.15) is 0 Å². The molecular formula is C14H20FNO3S. The van der Waals surface area contributed by atoms with E-state index in [1.807, 2.05) is 6.92 Å². The fourth-order valence-electron chi connectivity index (χ4n) is 3.07. The average molecular weight is 301 g/mol. The number of rotatable bonds is 6. The van der Waals surface area contributed by atoms with Gasteiger partial charge in [0.25, 0.3) is 0 Å². The first-order valence-corrected chi connectivity index (χ1v) is 8.54. The Bertz CT molecular complexity index is 573. The second kappa shape index (κ2) is 5.42. The summed E-state index contributed by atoms with van der Waals surface area (Å²) in [6, 6.07) is 5.94. The van der Waals surface area contributed by atoms with Crippen LogP contribution in [0.2, 0.25) is 0 Å². The maximum absolute atomic E-state index is 13.0. The van der Waals surface area contributed by atoms with Crippen LogP contribution in [0.25, 0.3) is 0 Å². The minimum atomic E-state index is -3.24. The van der Waals surface area contributed by atoms with Crippen molar-refractivity contribution in [2.24, 2.45) is 11.1 Å². The molecule has 0 unspecified atom stereocenters. The fourth-order valence-corrected chi connectivity index (χ4v) is 5.08. The van der Waals surface area contributed by atoms with Crippen LogP contribution in [0.1, 0.15) is 18.4 Å². The number of halogens is 1. The van der Waals surface area contributed by atoms with Crippen molar-refractivity contribution in [1.29, 1.82) is 0 Å². The first-order chi connectivity index (χ1) is 9.36. The predicted molar refractivity (Wildman–Crippen MR) is 75.8 cm³/mol. The highest BCUT2D eigenvalue weighted by molar-refractivity contribution is 7.91. The van der Waals surface area contributed by atoms with Gasteiger partial charge in [-0.1, -0.05) is 12.1 Å². The molecule has 20 heavy (non-hydrogen) atoms. The van der Waals surface area contributed by atoms with E-state index in [0.29, 0.717) is 13.2 Å². The van der Waals surface area contributed by atoms with Crippen LogP contribution in [0, 0.1) is 11.2 Å². The topological polar surface area (TPSA) is 69.4 Å². The van der Waals surface area contributed by atoms with Gasteiger partial charge in [-0.05, 0) is 24.6 Å². The molecule has 1 saturated carbocycles. The summed E-state index contributed by atoms with van der Waals surface area (Å²) < 4.78 is 42.4. The third kappa shape index (κ3) is 2.60. The molecule has 3 atom stereocenters. The molecule has 1 aromatic rings. The number of hydrogen-bond donors (Lipinski definition) is 1. The molecule has 1 aromatic carbocycles. The Hall–Kier alpha value is -0.980. The van der Waals surface area contributed by atoms with Gasteiger partial charge in [0.1, 0.15) is 5.82 Å². The van der Waals surface area contributed by atoms with E-state index >= 15 is 0 Å². The quantitative estimate of drug-likeness (QED) is 0.860. The Kier molecular flexibility index (Phi) is 4.18. The minimum absolute atomic E-state index is 0.227. The number of nitrogens with two attached hydrogens (primary N) is 1. The number of sulfone groups is 1. The van der Waals surface area contributed by atoms with Crippen LogP contribution in [0.3, 0.4) is 0 Å². The number of ether oxygens (including phenoxy) is 1. The van der Waals surface area contributed by atoms with E-state index in [4.69, 9.17) is 10.5 Å². The lowest BCUT2D eigenvalue weighted by Gasteiger charge is -2.15. The molecule has 0 aromatic heterocycles. The molecule has 2 rings (SSSR count). The summed E-state index contributed by atoms with van der Waals surface area (Å²) in [4.78, 5) is 0. The van der Waals surface area contributed by atoms with Crippen molar-refractivity contribution in [3.63, 3.8) is 0 Å². The van der Waals surface area contributed by atoms with Gasteiger partial charge in [-0.3, -0.25) is 0 Å². The van der Waals surface area contributed by atoms with Gasteiger partial charge in [0, 0.05) is 30.7 Å². The second-order valence-corrected chi connectivity index (χ2v) is 7.52. The molecule has 0 saturated heterocycles. The van der Waals surface area contributed by atoms with Crippen molar-refractivity contribution in [2.45, 2.75) is 18.1 Å². The minimum Gasteiger partial charge on any atom is -0.381 e. The molecule has 2 N–H and O–H groups in total. The van der Waals surface area contributed by atoms with E-state index < -0.39 is 20.5 Å². The van der Waals surface area contributed by atoms with Crippen LogP contribution >= 0.6 is 0 Å². The van der Waals surface area contributed by atoms with E-state index in [-0.39, 0.29) is 18.3 Å². The summed E-state index contributed by atoms with van der Waals surface area (Å²) in [6.07, 6.45) is 1.22. The lowest BCUT2D eigenvalue weighted by Crippen LogP contribution is -2.28. The smallest absolute Gasteiger partial charge is 0.151 e. The Morgan fingerprint density at radius 2 is 1.95 bits per heavy atom. The van der Waals surface area contributed by atoms with Crippen LogP contribution in [-0.4, -0.2) is 39.7 Å². The Balaban J connectivity index is 2.36. The van der Waals surface area contributed by atoms with E-state index in [1.165, 1.54) is 18.4 Å². The van der Waals surface area contributed by atoms with E-state index in [0.717, 1.165) is 5.56 Å². The van der Waals surface area contributed by atoms with Crippen LogP contribution in [0.5, 0.6) is 0 Å².